The van der Waals surface area contributed by atoms with Crippen LogP contribution in [0.2, 0.25) is 0 Å². The summed E-state index contributed by atoms with van der Waals surface area (Å²) in [6, 6.07) is 5.63. The van der Waals surface area contributed by atoms with Gasteiger partial charge in [-0.3, -0.25) is 4.99 Å². The number of methoxy groups -OCH3 is 2. The second kappa shape index (κ2) is 5.27. The van der Waals surface area contributed by atoms with Crippen molar-refractivity contribution in [3.05, 3.63) is 23.8 Å². The summed E-state index contributed by atoms with van der Waals surface area (Å²) >= 11 is 0. The van der Waals surface area contributed by atoms with E-state index in [-0.39, 0.29) is 0 Å². The minimum Gasteiger partial charge on any atom is -0.497 e. The van der Waals surface area contributed by atoms with Crippen molar-refractivity contribution in [3.63, 3.8) is 0 Å². The van der Waals surface area contributed by atoms with E-state index in [9.17, 15) is 0 Å². The molecule has 0 heterocycles. The number of benzene rings is 1. The fourth-order valence-corrected chi connectivity index (χ4v) is 1.13. The molecular formula is C11H15NO2. The first-order valence-corrected chi connectivity index (χ1v) is 4.53. The Labute approximate surface area is 84.4 Å². The van der Waals surface area contributed by atoms with Crippen LogP contribution in [0.4, 0.5) is 0 Å². The zero-order chi connectivity index (χ0) is 10.4. The Morgan fingerprint density at radius 3 is 2.64 bits per heavy atom. The highest BCUT2D eigenvalue weighted by molar-refractivity contribution is 5.84. The molecule has 0 saturated carbocycles. The Kier molecular flexibility index (Phi) is 3.98. The average Bonchev–Trinajstić information content (AvgIpc) is 2.25. The first-order chi connectivity index (χ1) is 6.81. The molecule has 0 N–H and O–H groups in total. The van der Waals surface area contributed by atoms with Crippen LogP contribution in [0.1, 0.15) is 12.5 Å². The molecule has 1 aromatic rings. The fourth-order valence-electron chi connectivity index (χ4n) is 1.13. The molecule has 14 heavy (non-hydrogen) atoms. The molecule has 0 aliphatic rings. The summed E-state index contributed by atoms with van der Waals surface area (Å²) in [5.41, 5.74) is 0.939. The van der Waals surface area contributed by atoms with Crippen LogP contribution in [-0.4, -0.2) is 27.0 Å². The molecule has 0 bridgehead atoms. The topological polar surface area (TPSA) is 30.8 Å². The Morgan fingerprint density at radius 2 is 2.07 bits per heavy atom. The lowest BCUT2D eigenvalue weighted by Crippen LogP contribution is -1.92. The largest absolute Gasteiger partial charge is 0.497 e. The van der Waals surface area contributed by atoms with Gasteiger partial charge in [0.1, 0.15) is 11.5 Å². The summed E-state index contributed by atoms with van der Waals surface area (Å²) in [6.45, 7) is 2.75. The maximum absolute atomic E-state index is 5.20. The van der Waals surface area contributed by atoms with Crippen molar-refractivity contribution in [3.8, 4) is 11.5 Å². The van der Waals surface area contributed by atoms with Crippen LogP contribution in [-0.2, 0) is 0 Å². The van der Waals surface area contributed by atoms with Gasteiger partial charge in [0.2, 0.25) is 0 Å². The molecule has 0 amide bonds. The highest BCUT2D eigenvalue weighted by atomic mass is 16.5. The van der Waals surface area contributed by atoms with Gasteiger partial charge in [-0.15, -0.1) is 0 Å². The number of nitrogens with zero attached hydrogens (tertiary/aromatic N) is 1. The highest BCUT2D eigenvalue weighted by Crippen LogP contribution is 2.22. The summed E-state index contributed by atoms with van der Waals surface area (Å²) in [5.74, 6) is 1.62. The maximum Gasteiger partial charge on any atom is 0.127 e. The van der Waals surface area contributed by atoms with Crippen LogP contribution in [0, 0.1) is 0 Å². The van der Waals surface area contributed by atoms with Crippen LogP contribution in [0.25, 0.3) is 0 Å². The number of ether oxygens (including phenoxy) is 2. The van der Waals surface area contributed by atoms with E-state index in [0.717, 1.165) is 23.6 Å². The smallest absolute Gasteiger partial charge is 0.127 e. The molecule has 1 aromatic carbocycles. The zero-order valence-corrected chi connectivity index (χ0v) is 8.78. The first kappa shape index (κ1) is 10.6. The zero-order valence-electron chi connectivity index (χ0n) is 8.78. The maximum atomic E-state index is 5.20. The minimum atomic E-state index is 0.764. The summed E-state index contributed by atoms with van der Waals surface area (Å²) < 4.78 is 10.3. The molecule has 0 aromatic heterocycles. The second-order valence-electron chi connectivity index (χ2n) is 2.74. The van der Waals surface area contributed by atoms with Crippen molar-refractivity contribution < 1.29 is 9.47 Å². The van der Waals surface area contributed by atoms with E-state index < -0.39 is 0 Å². The monoisotopic (exact) mass is 193 g/mol. The lowest BCUT2D eigenvalue weighted by molar-refractivity contribution is 0.402. The van der Waals surface area contributed by atoms with Crippen LogP contribution in [0.3, 0.4) is 0 Å². The highest BCUT2D eigenvalue weighted by Gasteiger charge is 2.01. The van der Waals surface area contributed by atoms with E-state index in [2.05, 4.69) is 4.99 Å². The molecule has 0 saturated heterocycles. The van der Waals surface area contributed by atoms with Gasteiger partial charge in [-0.05, 0) is 25.1 Å². The number of aliphatic imine (C=N–C) groups is 1. The summed E-state index contributed by atoms with van der Waals surface area (Å²) in [5, 5.41) is 0. The third kappa shape index (κ3) is 2.49. The normalized spacial score (nSPS) is 10.5. The quantitative estimate of drug-likeness (QED) is 0.686. The molecule has 0 aliphatic carbocycles. The second-order valence-corrected chi connectivity index (χ2v) is 2.74. The predicted octanol–water partition coefficient (Wildman–Crippen LogP) is 2.14. The van der Waals surface area contributed by atoms with Crippen LogP contribution < -0.4 is 9.47 Å². The Hall–Kier alpha value is -1.51. The molecule has 0 fully saturated rings. The first-order valence-electron chi connectivity index (χ1n) is 4.53. The van der Waals surface area contributed by atoms with Crippen molar-refractivity contribution in [2.24, 2.45) is 4.99 Å². The van der Waals surface area contributed by atoms with Crippen LogP contribution >= 0.6 is 0 Å². The van der Waals surface area contributed by atoms with Gasteiger partial charge in [-0.1, -0.05) is 0 Å². The fraction of sp³-hybridized carbons (Fsp3) is 0.364. The molecule has 0 unspecified atom stereocenters. The number of rotatable bonds is 4. The van der Waals surface area contributed by atoms with Crippen LogP contribution in [0.5, 0.6) is 11.5 Å². The minimum absolute atomic E-state index is 0.764. The molecule has 76 valence electrons. The van der Waals surface area contributed by atoms with Gasteiger partial charge in [0, 0.05) is 18.3 Å². The third-order valence-electron chi connectivity index (χ3n) is 1.85. The molecule has 0 aliphatic heterocycles. The predicted molar refractivity (Wildman–Crippen MR) is 57.7 cm³/mol. The van der Waals surface area contributed by atoms with Gasteiger partial charge in [0.05, 0.1) is 14.2 Å². The van der Waals surface area contributed by atoms with Gasteiger partial charge in [-0.25, -0.2) is 0 Å². The molecule has 0 radical (unpaired) electrons. The number of hydrogen-bond acceptors (Lipinski definition) is 3. The van der Waals surface area contributed by atoms with E-state index >= 15 is 0 Å². The van der Waals surface area contributed by atoms with Crippen LogP contribution in [0.15, 0.2) is 23.2 Å². The molecule has 0 spiro atoms. The summed E-state index contributed by atoms with van der Waals surface area (Å²) in [6.07, 6.45) is 1.79. The average molecular weight is 193 g/mol. The molecule has 1 rings (SSSR count). The van der Waals surface area contributed by atoms with Crippen molar-refractivity contribution >= 4 is 6.21 Å². The van der Waals surface area contributed by atoms with Gasteiger partial charge in [0.15, 0.2) is 0 Å². The summed E-state index contributed by atoms with van der Waals surface area (Å²) in [4.78, 5) is 4.17. The van der Waals surface area contributed by atoms with Gasteiger partial charge in [0.25, 0.3) is 0 Å². The number of hydrogen-bond donors (Lipinski definition) is 0. The van der Waals surface area contributed by atoms with E-state index in [4.69, 9.17) is 9.47 Å². The standard InChI is InChI=1S/C11H15NO2/c1-4-12-8-9-7-10(13-2)5-6-11(9)14-3/h5-8H,4H2,1-3H3/b12-8+. The van der Waals surface area contributed by atoms with Gasteiger partial charge < -0.3 is 9.47 Å². The van der Waals surface area contributed by atoms with E-state index in [1.807, 2.05) is 25.1 Å². The van der Waals surface area contributed by atoms with Crippen molar-refractivity contribution in [2.75, 3.05) is 20.8 Å². The van der Waals surface area contributed by atoms with E-state index in [0.29, 0.717) is 0 Å². The van der Waals surface area contributed by atoms with Crippen molar-refractivity contribution in [1.82, 2.24) is 0 Å². The SMILES string of the molecule is CC/N=C/c1cc(OC)ccc1OC. The Morgan fingerprint density at radius 1 is 1.29 bits per heavy atom. The molecule has 3 nitrogen and oxygen atoms in total. The van der Waals surface area contributed by atoms with Gasteiger partial charge >= 0.3 is 0 Å². The Bertz CT molecular complexity index is 321. The molecule has 0 atom stereocenters. The van der Waals surface area contributed by atoms with E-state index in [1.54, 1.807) is 20.4 Å². The van der Waals surface area contributed by atoms with Gasteiger partial charge in [-0.2, -0.15) is 0 Å². The molecular weight excluding hydrogens is 178 g/mol. The van der Waals surface area contributed by atoms with E-state index in [1.165, 1.54) is 0 Å². The summed E-state index contributed by atoms with van der Waals surface area (Å²) in [7, 11) is 3.29. The molecule has 3 heteroatoms. The van der Waals surface area contributed by atoms with Crippen molar-refractivity contribution in [1.29, 1.82) is 0 Å². The Balaban J connectivity index is 3.02. The third-order valence-corrected chi connectivity index (χ3v) is 1.85. The lowest BCUT2D eigenvalue weighted by Gasteiger charge is -2.06. The lowest BCUT2D eigenvalue weighted by atomic mass is 10.2. The van der Waals surface area contributed by atoms with Crippen molar-refractivity contribution in [2.45, 2.75) is 6.92 Å².